The van der Waals surface area contributed by atoms with Gasteiger partial charge in [0.25, 0.3) is 0 Å². The Hall–Kier alpha value is -3.44. The zero-order valence-electron chi connectivity index (χ0n) is 25.7. The molecule has 0 saturated heterocycles. The Morgan fingerprint density at radius 3 is 2.57 bits per heavy atom. The number of fused-ring (bicyclic) bond motifs is 5. The van der Waals surface area contributed by atoms with E-state index in [1.807, 2.05) is 6.08 Å². The van der Waals surface area contributed by atoms with Crippen molar-refractivity contribution in [1.82, 2.24) is 5.32 Å². The van der Waals surface area contributed by atoms with Gasteiger partial charge in [0, 0.05) is 24.7 Å². The molecule has 5 rings (SSSR count). The molecule has 240 valence electrons. The first kappa shape index (κ1) is 32.0. The number of methoxy groups -OCH3 is 1. The molecule has 0 radical (unpaired) electrons. The molecule has 3 N–H and O–H groups in total. The first-order chi connectivity index (χ1) is 20.9. The van der Waals surface area contributed by atoms with Crippen molar-refractivity contribution in [2.75, 3.05) is 12.3 Å². The number of rotatable bonds is 9. The number of hydrogen-bond donors (Lipinski definition) is 3. The van der Waals surface area contributed by atoms with Crippen LogP contribution in [-0.2, 0) is 35.1 Å². The highest BCUT2D eigenvalue weighted by Crippen LogP contribution is 2.65. The molecule has 44 heavy (non-hydrogen) atoms. The summed E-state index contributed by atoms with van der Waals surface area (Å²) in [6, 6.07) is 2.62. The predicted octanol–water partition coefficient (Wildman–Crippen LogP) is 3.77. The van der Waals surface area contributed by atoms with Crippen LogP contribution in [0.3, 0.4) is 0 Å². The number of nitrogens with one attached hydrogen (secondary N) is 1. The van der Waals surface area contributed by atoms with Gasteiger partial charge in [-0.25, -0.2) is 4.79 Å². The van der Waals surface area contributed by atoms with E-state index in [-0.39, 0.29) is 47.2 Å². The molecular formula is C33H43N2O9-. The van der Waals surface area contributed by atoms with Crippen LogP contribution in [0.2, 0.25) is 0 Å². The number of ketones is 1. The third-order valence-electron chi connectivity index (χ3n) is 11.2. The van der Waals surface area contributed by atoms with E-state index in [0.717, 1.165) is 51.0 Å². The maximum Gasteiger partial charge on any atom is 0.328 e. The van der Waals surface area contributed by atoms with Crippen molar-refractivity contribution in [3.63, 3.8) is 0 Å². The average Bonchev–Trinajstić information content (AvgIpc) is 3.32. The van der Waals surface area contributed by atoms with Crippen molar-refractivity contribution < 1.29 is 44.2 Å². The Morgan fingerprint density at radius 1 is 1.07 bits per heavy atom. The Balaban J connectivity index is 1.15. The van der Waals surface area contributed by atoms with E-state index in [4.69, 9.17) is 9.47 Å². The summed E-state index contributed by atoms with van der Waals surface area (Å²) in [5, 5.41) is 32.6. The third kappa shape index (κ3) is 6.08. The molecule has 4 aliphatic rings. The van der Waals surface area contributed by atoms with Crippen molar-refractivity contribution >= 4 is 29.3 Å². The van der Waals surface area contributed by atoms with Crippen molar-refractivity contribution in [2.24, 2.45) is 28.6 Å². The van der Waals surface area contributed by atoms with Gasteiger partial charge in [0.15, 0.2) is 5.78 Å². The summed E-state index contributed by atoms with van der Waals surface area (Å²) in [7, 11) is 1.18. The molecule has 0 heterocycles. The Morgan fingerprint density at radius 2 is 1.84 bits per heavy atom. The summed E-state index contributed by atoms with van der Waals surface area (Å²) in [5.41, 5.74) is 1.29. The summed E-state index contributed by atoms with van der Waals surface area (Å²) < 4.78 is 10.8. The quantitative estimate of drug-likeness (QED) is 0.276. The molecule has 7 atom stereocenters. The van der Waals surface area contributed by atoms with Crippen LogP contribution in [0, 0.1) is 28.6 Å². The van der Waals surface area contributed by atoms with Gasteiger partial charge in [-0.3, -0.25) is 24.8 Å². The van der Waals surface area contributed by atoms with Gasteiger partial charge in [0.05, 0.1) is 19.2 Å². The Kier molecular flexibility index (Phi) is 9.09. The Bertz CT molecular complexity index is 1340. The van der Waals surface area contributed by atoms with Crippen molar-refractivity contribution in [3.05, 3.63) is 35.4 Å². The molecular weight excluding hydrogens is 568 g/mol. The van der Waals surface area contributed by atoms with Gasteiger partial charge in [-0.15, -0.1) is 5.23 Å². The highest BCUT2D eigenvalue weighted by atomic mass is 16.8. The van der Waals surface area contributed by atoms with Gasteiger partial charge in [-0.2, -0.15) is 0 Å². The van der Waals surface area contributed by atoms with Crippen molar-refractivity contribution in [1.29, 1.82) is 0 Å². The van der Waals surface area contributed by atoms with E-state index in [0.29, 0.717) is 29.7 Å². The SMILES string of the molecule is COC(=O)C(Cc1ccc([O-])c(N(O)O)c1)NC(=O)CCC(=O)OC1CCC2C3CCC4=CC(=O)CCC4(C)C3CCC12C. The number of hydrogen-bond acceptors (Lipinski definition) is 10. The normalized spacial score (nSPS) is 31.5. The fourth-order valence-electron chi connectivity index (χ4n) is 8.82. The maximum atomic E-state index is 13.0. The standard InChI is InChI=1S/C33H44N2O9/c1-32-14-12-21(36)18-20(32)5-6-22-23-7-9-28(33(23,2)15-13-24(22)32)44-30(39)11-10-29(38)34-25(31(40)43-3)16-19-4-8-27(37)26(17-19)35(41)42/h4,8,17-18,22-25,28,37,41-42H,5-7,9-16H2,1-3H3,(H,34,38)/p-1. The number of esters is 2. The number of nitrogens with zero attached hydrogens (tertiary/aromatic N) is 1. The largest absolute Gasteiger partial charge is 0.871 e. The van der Waals surface area contributed by atoms with Gasteiger partial charge < -0.3 is 19.9 Å². The number of benzene rings is 1. The highest BCUT2D eigenvalue weighted by molar-refractivity contribution is 5.91. The molecule has 7 unspecified atom stereocenters. The summed E-state index contributed by atoms with van der Waals surface area (Å²) in [6.45, 7) is 4.60. The molecule has 0 bridgehead atoms. The van der Waals surface area contributed by atoms with Crippen LogP contribution in [0.25, 0.3) is 0 Å². The topological polar surface area (TPSA) is 166 Å². The molecule has 1 aromatic carbocycles. The third-order valence-corrected chi connectivity index (χ3v) is 11.2. The van der Waals surface area contributed by atoms with E-state index < -0.39 is 35.3 Å². The lowest BCUT2D eigenvalue weighted by Crippen LogP contribution is -2.51. The maximum absolute atomic E-state index is 13.0. The van der Waals surface area contributed by atoms with Gasteiger partial charge in [-0.05, 0) is 85.8 Å². The van der Waals surface area contributed by atoms with Crippen LogP contribution in [0.5, 0.6) is 5.75 Å². The van der Waals surface area contributed by atoms with Crippen LogP contribution in [0.15, 0.2) is 29.8 Å². The number of carbonyl (C=O) groups is 4. The first-order valence-electron chi connectivity index (χ1n) is 15.6. The molecule has 11 heteroatoms. The lowest BCUT2D eigenvalue weighted by Gasteiger charge is -2.57. The molecule has 0 spiro atoms. The minimum atomic E-state index is -1.11. The fraction of sp³-hybridized carbons (Fsp3) is 0.636. The van der Waals surface area contributed by atoms with E-state index in [2.05, 4.69) is 19.2 Å². The van der Waals surface area contributed by atoms with Crippen LogP contribution < -0.4 is 15.6 Å². The summed E-state index contributed by atoms with van der Waals surface area (Å²) in [6.07, 6.45) is 8.74. The zero-order chi connectivity index (χ0) is 31.8. The zero-order valence-corrected chi connectivity index (χ0v) is 25.7. The lowest BCUT2D eigenvalue weighted by molar-refractivity contribution is -0.268. The molecule has 0 aromatic heterocycles. The number of allylic oxidation sites excluding steroid dienone is 1. The molecule has 4 aliphatic carbocycles. The second-order valence-corrected chi connectivity index (χ2v) is 13.5. The Labute approximate surface area is 257 Å². The average molecular weight is 612 g/mol. The summed E-state index contributed by atoms with van der Waals surface area (Å²) in [5.74, 6) is -0.532. The highest BCUT2D eigenvalue weighted by Gasteiger charge is 2.60. The molecule has 3 fully saturated rings. The van der Waals surface area contributed by atoms with Crippen LogP contribution >= 0.6 is 0 Å². The van der Waals surface area contributed by atoms with Gasteiger partial charge in [0.2, 0.25) is 5.91 Å². The molecule has 1 amide bonds. The number of ether oxygens (including phenoxy) is 2. The second-order valence-electron chi connectivity index (χ2n) is 13.5. The number of carbonyl (C=O) groups excluding carboxylic acids is 4. The molecule has 1 aromatic rings. The fourth-order valence-corrected chi connectivity index (χ4v) is 8.82. The van der Waals surface area contributed by atoms with Crippen molar-refractivity contribution in [3.8, 4) is 5.75 Å². The minimum absolute atomic E-state index is 0.0689. The number of anilines is 1. The molecule has 11 nitrogen and oxygen atoms in total. The summed E-state index contributed by atoms with van der Waals surface area (Å²) in [4.78, 5) is 50.2. The van der Waals surface area contributed by atoms with E-state index in [1.165, 1.54) is 24.8 Å². The van der Waals surface area contributed by atoms with Crippen molar-refractivity contribution in [2.45, 2.75) is 96.6 Å². The smallest absolute Gasteiger partial charge is 0.328 e. The molecule has 0 aliphatic heterocycles. The first-order valence-corrected chi connectivity index (χ1v) is 15.6. The van der Waals surface area contributed by atoms with Gasteiger partial charge in [-0.1, -0.05) is 37.3 Å². The second kappa shape index (κ2) is 12.5. The van der Waals surface area contributed by atoms with E-state index in [1.54, 1.807) is 0 Å². The van der Waals surface area contributed by atoms with Crippen LogP contribution in [-0.4, -0.2) is 53.3 Å². The lowest BCUT2D eigenvalue weighted by atomic mass is 9.47. The monoisotopic (exact) mass is 611 g/mol. The van der Waals surface area contributed by atoms with E-state index in [9.17, 15) is 34.7 Å². The van der Waals surface area contributed by atoms with Gasteiger partial charge >= 0.3 is 11.9 Å². The summed E-state index contributed by atoms with van der Waals surface area (Å²) >= 11 is 0. The minimum Gasteiger partial charge on any atom is -0.871 e. The van der Waals surface area contributed by atoms with E-state index >= 15 is 0 Å². The van der Waals surface area contributed by atoms with Gasteiger partial charge in [0.1, 0.15) is 12.1 Å². The number of amides is 1. The van der Waals surface area contributed by atoms with Crippen LogP contribution in [0.4, 0.5) is 5.69 Å². The molecule has 3 saturated carbocycles. The van der Waals surface area contributed by atoms with Crippen LogP contribution in [0.1, 0.15) is 83.6 Å². The predicted molar refractivity (Wildman–Crippen MR) is 155 cm³/mol.